The van der Waals surface area contributed by atoms with E-state index in [0.717, 1.165) is 0 Å². The molecule has 8 nitrogen and oxygen atoms in total. The minimum atomic E-state index is -4.12. The quantitative estimate of drug-likeness (QED) is 0.635. The molecule has 0 aromatic heterocycles. The number of nitrogens with one attached hydrogen (secondary N) is 2. The molecule has 0 atom stereocenters. The number of rotatable bonds is 5. The molecule has 0 aliphatic carbocycles. The number of sulfonamides is 1. The Labute approximate surface area is 138 Å². The van der Waals surface area contributed by atoms with Crippen molar-refractivity contribution < 1.29 is 18.1 Å². The van der Waals surface area contributed by atoms with E-state index in [9.17, 15) is 23.3 Å². The predicted octanol–water partition coefficient (Wildman–Crippen LogP) is 2.66. The van der Waals surface area contributed by atoms with Gasteiger partial charge in [0, 0.05) is 24.4 Å². The molecule has 0 saturated carbocycles. The van der Waals surface area contributed by atoms with Gasteiger partial charge in [-0.3, -0.25) is 19.6 Å². The van der Waals surface area contributed by atoms with E-state index in [2.05, 4.69) is 10.0 Å². The lowest BCUT2D eigenvalue weighted by Crippen LogP contribution is -2.15. The van der Waals surface area contributed by atoms with E-state index in [1.54, 1.807) is 6.92 Å². The van der Waals surface area contributed by atoms with Crippen molar-refractivity contribution in [2.75, 3.05) is 10.0 Å². The van der Waals surface area contributed by atoms with E-state index in [-0.39, 0.29) is 11.6 Å². The minimum absolute atomic E-state index is 0.221. The summed E-state index contributed by atoms with van der Waals surface area (Å²) < 4.78 is 27.1. The fourth-order valence-corrected chi connectivity index (χ4v) is 3.24. The molecule has 2 rings (SSSR count). The minimum Gasteiger partial charge on any atom is -0.326 e. The van der Waals surface area contributed by atoms with Crippen LogP contribution in [0.3, 0.4) is 0 Å². The smallest absolute Gasteiger partial charge is 0.290 e. The highest BCUT2D eigenvalue weighted by atomic mass is 32.2. The zero-order valence-electron chi connectivity index (χ0n) is 12.9. The molecule has 2 aromatic carbocycles. The summed E-state index contributed by atoms with van der Waals surface area (Å²) in [7, 11) is -4.12. The van der Waals surface area contributed by atoms with Gasteiger partial charge in [-0.1, -0.05) is 6.07 Å². The van der Waals surface area contributed by atoms with Crippen molar-refractivity contribution in [3.05, 3.63) is 58.1 Å². The molecule has 0 spiro atoms. The van der Waals surface area contributed by atoms with Gasteiger partial charge in [-0.05, 0) is 42.8 Å². The Morgan fingerprint density at radius 2 is 1.67 bits per heavy atom. The molecule has 0 fully saturated rings. The molecule has 126 valence electrons. The van der Waals surface area contributed by atoms with E-state index in [1.165, 1.54) is 49.4 Å². The van der Waals surface area contributed by atoms with E-state index < -0.39 is 25.5 Å². The van der Waals surface area contributed by atoms with Gasteiger partial charge >= 0.3 is 0 Å². The molecule has 0 aliphatic heterocycles. The van der Waals surface area contributed by atoms with Crippen LogP contribution in [0, 0.1) is 17.0 Å². The summed E-state index contributed by atoms with van der Waals surface area (Å²) in [6.07, 6.45) is 0. The largest absolute Gasteiger partial charge is 0.326 e. The first-order valence-corrected chi connectivity index (χ1v) is 8.33. The maximum Gasteiger partial charge on any atom is 0.290 e. The normalized spacial score (nSPS) is 10.9. The van der Waals surface area contributed by atoms with Crippen LogP contribution in [0.1, 0.15) is 12.5 Å². The predicted molar refractivity (Wildman–Crippen MR) is 89.4 cm³/mol. The number of hydrogen-bond donors (Lipinski definition) is 2. The second-order valence-electron chi connectivity index (χ2n) is 5.09. The number of nitro groups is 1. The van der Waals surface area contributed by atoms with Crippen molar-refractivity contribution in [3.8, 4) is 0 Å². The number of aryl methyl sites for hydroxylation is 1. The molecule has 9 heteroatoms. The van der Waals surface area contributed by atoms with Crippen LogP contribution in [-0.4, -0.2) is 19.2 Å². The Kier molecular flexibility index (Phi) is 4.84. The third kappa shape index (κ3) is 4.07. The zero-order valence-corrected chi connectivity index (χ0v) is 13.8. The van der Waals surface area contributed by atoms with Gasteiger partial charge in [0.05, 0.1) is 4.92 Å². The fourth-order valence-electron chi connectivity index (χ4n) is 2.03. The van der Waals surface area contributed by atoms with E-state index in [0.29, 0.717) is 11.3 Å². The summed E-state index contributed by atoms with van der Waals surface area (Å²) in [5.41, 5.74) is 0.823. The number of anilines is 2. The van der Waals surface area contributed by atoms with Crippen LogP contribution in [0.2, 0.25) is 0 Å². The van der Waals surface area contributed by atoms with Crippen molar-refractivity contribution in [2.45, 2.75) is 18.7 Å². The van der Waals surface area contributed by atoms with E-state index in [4.69, 9.17) is 0 Å². The van der Waals surface area contributed by atoms with Gasteiger partial charge in [-0.25, -0.2) is 8.42 Å². The van der Waals surface area contributed by atoms with Crippen LogP contribution in [-0.2, 0) is 14.8 Å². The number of amides is 1. The first kappa shape index (κ1) is 17.4. The topological polar surface area (TPSA) is 118 Å². The van der Waals surface area contributed by atoms with Gasteiger partial charge in [0.15, 0.2) is 4.90 Å². The van der Waals surface area contributed by atoms with Crippen molar-refractivity contribution in [2.24, 2.45) is 0 Å². The summed E-state index contributed by atoms with van der Waals surface area (Å²) in [6, 6.07) is 9.81. The SMILES string of the molecule is CC(=O)Nc1ccc(NS(=O)(=O)c2ccc(C)cc2[N+](=O)[O-])cc1. The Morgan fingerprint density at radius 3 is 2.21 bits per heavy atom. The molecule has 24 heavy (non-hydrogen) atoms. The first-order chi connectivity index (χ1) is 11.2. The van der Waals surface area contributed by atoms with Gasteiger partial charge in [0.25, 0.3) is 15.7 Å². The molecule has 0 aliphatic rings. The Bertz CT molecular complexity index is 892. The molecule has 1 amide bonds. The average Bonchev–Trinajstić information content (AvgIpc) is 2.48. The second kappa shape index (κ2) is 6.67. The van der Waals surface area contributed by atoms with Gasteiger partial charge < -0.3 is 5.32 Å². The highest BCUT2D eigenvalue weighted by Crippen LogP contribution is 2.27. The maximum atomic E-state index is 12.4. The lowest BCUT2D eigenvalue weighted by Gasteiger charge is -2.10. The monoisotopic (exact) mass is 349 g/mol. The third-order valence-electron chi connectivity index (χ3n) is 3.06. The van der Waals surface area contributed by atoms with Gasteiger partial charge in [0.2, 0.25) is 5.91 Å². The van der Waals surface area contributed by atoms with Crippen molar-refractivity contribution in [3.63, 3.8) is 0 Å². The molecule has 0 radical (unpaired) electrons. The van der Waals surface area contributed by atoms with Crippen LogP contribution >= 0.6 is 0 Å². The van der Waals surface area contributed by atoms with E-state index >= 15 is 0 Å². The van der Waals surface area contributed by atoms with Crippen molar-refractivity contribution in [1.82, 2.24) is 0 Å². The Morgan fingerprint density at radius 1 is 1.08 bits per heavy atom. The van der Waals surface area contributed by atoms with E-state index in [1.807, 2.05) is 0 Å². The van der Waals surface area contributed by atoms with Gasteiger partial charge in [0.1, 0.15) is 0 Å². The van der Waals surface area contributed by atoms with Crippen LogP contribution < -0.4 is 10.0 Å². The molecule has 2 N–H and O–H groups in total. The Hall–Kier alpha value is -2.94. The lowest BCUT2D eigenvalue weighted by atomic mass is 10.2. The number of hydrogen-bond acceptors (Lipinski definition) is 5. The summed E-state index contributed by atoms with van der Waals surface area (Å²) in [5.74, 6) is -0.251. The summed E-state index contributed by atoms with van der Waals surface area (Å²) in [4.78, 5) is 20.9. The van der Waals surface area contributed by atoms with Crippen LogP contribution in [0.5, 0.6) is 0 Å². The highest BCUT2D eigenvalue weighted by molar-refractivity contribution is 7.92. The average molecular weight is 349 g/mol. The van der Waals surface area contributed by atoms with Crippen LogP contribution in [0.15, 0.2) is 47.4 Å². The maximum absolute atomic E-state index is 12.4. The van der Waals surface area contributed by atoms with Crippen molar-refractivity contribution >= 4 is 33.0 Å². The summed E-state index contributed by atoms with van der Waals surface area (Å²) in [5, 5.41) is 13.6. The number of carbonyl (C=O) groups excluding carboxylic acids is 1. The van der Waals surface area contributed by atoms with Gasteiger partial charge in [-0.15, -0.1) is 0 Å². The first-order valence-electron chi connectivity index (χ1n) is 6.84. The second-order valence-corrected chi connectivity index (χ2v) is 6.74. The number of carbonyl (C=O) groups is 1. The molecule has 0 unspecified atom stereocenters. The Balaban J connectivity index is 2.32. The van der Waals surface area contributed by atoms with Gasteiger partial charge in [-0.2, -0.15) is 0 Å². The summed E-state index contributed by atoms with van der Waals surface area (Å²) in [6.45, 7) is 2.99. The molecular weight excluding hydrogens is 334 g/mol. The molecular formula is C15H15N3O5S. The van der Waals surface area contributed by atoms with Crippen LogP contribution in [0.4, 0.5) is 17.1 Å². The number of nitrogens with zero attached hydrogens (tertiary/aromatic N) is 1. The highest BCUT2D eigenvalue weighted by Gasteiger charge is 2.25. The molecule has 2 aromatic rings. The lowest BCUT2D eigenvalue weighted by molar-refractivity contribution is -0.387. The van der Waals surface area contributed by atoms with Crippen LogP contribution in [0.25, 0.3) is 0 Å². The summed E-state index contributed by atoms with van der Waals surface area (Å²) >= 11 is 0. The molecule has 0 saturated heterocycles. The fraction of sp³-hybridized carbons (Fsp3) is 0.133. The zero-order chi connectivity index (χ0) is 17.9. The standard InChI is InChI=1S/C15H15N3O5S/c1-10-3-8-15(14(9-10)18(20)21)24(22,23)17-13-6-4-12(5-7-13)16-11(2)19/h3-9,17H,1-2H3,(H,16,19). The number of nitro benzene ring substituents is 1. The third-order valence-corrected chi connectivity index (χ3v) is 4.49. The molecule has 0 bridgehead atoms. The number of benzene rings is 2. The molecule has 0 heterocycles. The van der Waals surface area contributed by atoms with Crippen molar-refractivity contribution in [1.29, 1.82) is 0 Å².